The Morgan fingerprint density at radius 3 is 1.87 bits per heavy atom. The first-order valence-corrected chi connectivity index (χ1v) is 7.55. The summed E-state index contributed by atoms with van der Waals surface area (Å²) in [6.07, 6.45) is 0.719. The van der Waals surface area contributed by atoms with Gasteiger partial charge < -0.3 is 9.47 Å². The Balaban J connectivity index is 2.12. The van der Waals surface area contributed by atoms with E-state index in [-0.39, 0.29) is 29.2 Å². The molecule has 0 spiro atoms. The first kappa shape index (κ1) is 15.5. The molecule has 3 nitrogen and oxygen atoms in total. The average Bonchev–Trinajstić information content (AvgIpc) is 2.83. The van der Waals surface area contributed by atoms with Crippen molar-refractivity contribution in [2.45, 2.75) is 20.3 Å². The van der Waals surface area contributed by atoms with E-state index >= 15 is 0 Å². The summed E-state index contributed by atoms with van der Waals surface area (Å²) in [5, 5.41) is 0. The van der Waals surface area contributed by atoms with Crippen LogP contribution in [0.4, 0.5) is 8.78 Å². The molecule has 0 atom stereocenters. The lowest BCUT2D eigenvalue weighted by Gasteiger charge is -2.08. The van der Waals surface area contributed by atoms with Crippen LogP contribution in [0, 0.1) is 11.6 Å². The molecule has 1 aliphatic rings. The second-order valence-corrected chi connectivity index (χ2v) is 5.21. The molecule has 0 amide bonds. The molecule has 0 radical (unpaired) electrons. The highest BCUT2D eigenvalue weighted by molar-refractivity contribution is 6.22. The van der Waals surface area contributed by atoms with Crippen LogP contribution < -0.4 is 9.47 Å². The molecule has 5 heteroatoms. The summed E-state index contributed by atoms with van der Waals surface area (Å²) >= 11 is 0. The van der Waals surface area contributed by atoms with Crippen molar-refractivity contribution >= 4 is 5.78 Å². The third-order valence-corrected chi connectivity index (χ3v) is 3.72. The topological polar surface area (TPSA) is 35.5 Å². The van der Waals surface area contributed by atoms with Crippen LogP contribution in [0.5, 0.6) is 11.5 Å². The van der Waals surface area contributed by atoms with E-state index in [0.29, 0.717) is 17.7 Å². The van der Waals surface area contributed by atoms with Gasteiger partial charge in [-0.3, -0.25) is 4.79 Å². The van der Waals surface area contributed by atoms with Gasteiger partial charge in [-0.15, -0.1) is 0 Å². The second-order valence-electron chi connectivity index (χ2n) is 5.21. The summed E-state index contributed by atoms with van der Waals surface area (Å²) in [5.41, 5.74) is 0.485. The van der Waals surface area contributed by atoms with E-state index < -0.39 is 17.4 Å². The maximum Gasteiger partial charge on any atom is 0.200 e. The molecule has 0 saturated carbocycles. The first-order valence-electron chi connectivity index (χ1n) is 7.55. The Bertz CT molecular complexity index is 784. The zero-order valence-electron chi connectivity index (χ0n) is 12.9. The van der Waals surface area contributed by atoms with E-state index in [4.69, 9.17) is 9.47 Å². The third-order valence-electron chi connectivity index (χ3n) is 3.72. The van der Waals surface area contributed by atoms with E-state index in [0.717, 1.165) is 6.42 Å². The van der Waals surface area contributed by atoms with Gasteiger partial charge in [-0.1, -0.05) is 6.92 Å². The van der Waals surface area contributed by atoms with Gasteiger partial charge in [-0.05, 0) is 48.7 Å². The molecule has 0 saturated heterocycles. The standard InChI is InChI=1S/C18H16F2O3/c1-3-9-23-13-8-6-11-10-5-7-12(22-4-2)16(19)14(10)18(21)15(11)17(13)20/h5-8H,3-4,9H2,1-2H3. The minimum Gasteiger partial charge on any atom is -0.491 e. The molecule has 3 rings (SSSR count). The molecule has 0 heterocycles. The monoisotopic (exact) mass is 318 g/mol. The molecular formula is C18H16F2O3. The normalized spacial score (nSPS) is 12.1. The Labute approximate surface area is 132 Å². The van der Waals surface area contributed by atoms with Crippen molar-refractivity contribution < 1.29 is 23.0 Å². The van der Waals surface area contributed by atoms with E-state index in [9.17, 15) is 13.6 Å². The number of rotatable bonds is 5. The molecule has 0 N–H and O–H groups in total. The van der Waals surface area contributed by atoms with Gasteiger partial charge in [-0.25, -0.2) is 8.78 Å². The van der Waals surface area contributed by atoms with Gasteiger partial charge in [0, 0.05) is 0 Å². The van der Waals surface area contributed by atoms with Crippen molar-refractivity contribution in [1.29, 1.82) is 0 Å². The quantitative estimate of drug-likeness (QED) is 0.701. The fourth-order valence-corrected chi connectivity index (χ4v) is 2.72. The highest BCUT2D eigenvalue weighted by atomic mass is 19.1. The lowest BCUT2D eigenvalue weighted by Crippen LogP contribution is -2.05. The molecule has 2 aromatic carbocycles. The van der Waals surface area contributed by atoms with Gasteiger partial charge in [0.05, 0.1) is 24.3 Å². The van der Waals surface area contributed by atoms with Crippen LogP contribution in [-0.2, 0) is 0 Å². The van der Waals surface area contributed by atoms with Crippen LogP contribution in [0.25, 0.3) is 11.1 Å². The van der Waals surface area contributed by atoms with Crippen molar-refractivity contribution in [1.82, 2.24) is 0 Å². The second kappa shape index (κ2) is 5.99. The predicted molar refractivity (Wildman–Crippen MR) is 82.2 cm³/mol. The van der Waals surface area contributed by atoms with E-state index in [1.807, 2.05) is 6.92 Å². The molecule has 0 fully saturated rings. The van der Waals surface area contributed by atoms with Crippen molar-refractivity contribution in [3.05, 3.63) is 47.0 Å². The number of benzene rings is 2. The van der Waals surface area contributed by atoms with E-state index in [1.165, 1.54) is 12.1 Å². The molecule has 0 unspecified atom stereocenters. The van der Waals surface area contributed by atoms with Gasteiger partial charge in [-0.2, -0.15) is 0 Å². The lowest BCUT2D eigenvalue weighted by molar-refractivity contribution is 0.103. The summed E-state index contributed by atoms with van der Waals surface area (Å²) in [4.78, 5) is 12.5. The summed E-state index contributed by atoms with van der Waals surface area (Å²) in [6, 6.07) is 6.10. The lowest BCUT2D eigenvalue weighted by atomic mass is 10.0. The number of carbonyl (C=O) groups is 1. The highest BCUT2D eigenvalue weighted by Gasteiger charge is 2.35. The van der Waals surface area contributed by atoms with Crippen LogP contribution in [0.3, 0.4) is 0 Å². The Hall–Kier alpha value is -2.43. The van der Waals surface area contributed by atoms with Gasteiger partial charge in [0.1, 0.15) is 0 Å². The van der Waals surface area contributed by atoms with Crippen LogP contribution in [-0.4, -0.2) is 19.0 Å². The fraction of sp³-hybridized carbons (Fsp3) is 0.278. The zero-order valence-corrected chi connectivity index (χ0v) is 12.9. The summed E-state index contributed by atoms with van der Waals surface area (Å²) < 4.78 is 39.6. The number of ketones is 1. The van der Waals surface area contributed by atoms with Crippen molar-refractivity contribution in [2.75, 3.05) is 13.2 Å². The van der Waals surface area contributed by atoms with Crippen LogP contribution in [0.1, 0.15) is 36.2 Å². The number of hydrogen-bond donors (Lipinski definition) is 0. The van der Waals surface area contributed by atoms with Crippen LogP contribution in [0.15, 0.2) is 24.3 Å². The first-order chi connectivity index (χ1) is 11.1. The fourth-order valence-electron chi connectivity index (χ4n) is 2.72. The van der Waals surface area contributed by atoms with E-state index in [1.54, 1.807) is 19.1 Å². The Morgan fingerprint density at radius 2 is 1.39 bits per heavy atom. The average molecular weight is 318 g/mol. The minimum absolute atomic E-state index is 0.00438. The van der Waals surface area contributed by atoms with E-state index in [2.05, 4.69) is 0 Å². The largest absolute Gasteiger partial charge is 0.491 e. The number of hydrogen-bond acceptors (Lipinski definition) is 3. The summed E-state index contributed by atoms with van der Waals surface area (Å²) in [5.74, 6) is -2.16. The molecular weight excluding hydrogens is 302 g/mol. The maximum absolute atomic E-state index is 14.6. The smallest absolute Gasteiger partial charge is 0.200 e. The maximum atomic E-state index is 14.6. The highest BCUT2D eigenvalue weighted by Crippen LogP contribution is 2.43. The number of halogens is 2. The molecule has 23 heavy (non-hydrogen) atoms. The molecule has 2 aromatic rings. The molecule has 1 aliphatic carbocycles. The van der Waals surface area contributed by atoms with Gasteiger partial charge in [0.2, 0.25) is 0 Å². The molecule has 0 aromatic heterocycles. The van der Waals surface area contributed by atoms with Crippen LogP contribution in [0.2, 0.25) is 0 Å². The Morgan fingerprint density at radius 1 is 0.870 bits per heavy atom. The third kappa shape index (κ3) is 2.36. The molecule has 0 aliphatic heterocycles. The van der Waals surface area contributed by atoms with Crippen molar-refractivity contribution in [2.24, 2.45) is 0 Å². The number of ether oxygens (including phenoxy) is 2. The van der Waals surface area contributed by atoms with Gasteiger partial charge in [0.25, 0.3) is 0 Å². The predicted octanol–water partition coefficient (Wildman–Crippen LogP) is 4.36. The SMILES string of the molecule is CCCOc1ccc2c(c1F)C(=O)c1c-2ccc(OCC)c1F. The summed E-state index contributed by atoms with van der Waals surface area (Å²) in [6.45, 7) is 4.25. The van der Waals surface area contributed by atoms with Crippen LogP contribution >= 0.6 is 0 Å². The van der Waals surface area contributed by atoms with Gasteiger partial charge >= 0.3 is 0 Å². The number of fused-ring (bicyclic) bond motifs is 3. The summed E-state index contributed by atoms with van der Waals surface area (Å²) in [7, 11) is 0. The molecule has 120 valence electrons. The van der Waals surface area contributed by atoms with Gasteiger partial charge in [0.15, 0.2) is 28.9 Å². The zero-order chi connectivity index (χ0) is 16.6. The van der Waals surface area contributed by atoms with Crippen molar-refractivity contribution in [3.8, 4) is 22.6 Å². The molecule has 0 bridgehead atoms. The number of carbonyl (C=O) groups excluding carboxylic acids is 1. The minimum atomic E-state index is -0.749. The van der Waals surface area contributed by atoms with Crippen molar-refractivity contribution in [3.63, 3.8) is 0 Å². The Kier molecular flexibility index (Phi) is 4.03.